The zero-order valence-electron chi connectivity index (χ0n) is 13.0. The molecule has 0 fully saturated rings. The van der Waals surface area contributed by atoms with Gasteiger partial charge < -0.3 is 4.90 Å². The van der Waals surface area contributed by atoms with Gasteiger partial charge in [0.1, 0.15) is 5.82 Å². The van der Waals surface area contributed by atoms with Crippen molar-refractivity contribution >= 4 is 11.5 Å². The first-order valence-corrected chi connectivity index (χ1v) is 7.43. The maximum absolute atomic E-state index is 13.8. The molecule has 1 aromatic rings. The molecule has 1 amide bonds. The summed E-state index contributed by atoms with van der Waals surface area (Å²) in [7, 11) is 3.85. The fourth-order valence-electron chi connectivity index (χ4n) is 2.81. The predicted octanol–water partition coefficient (Wildman–Crippen LogP) is 2.78. The molecular weight excluding hydrogens is 267 g/mol. The molecule has 0 bridgehead atoms. The van der Waals surface area contributed by atoms with Gasteiger partial charge in [0.05, 0.1) is 6.04 Å². The minimum Gasteiger partial charge on any atom is -0.337 e. The average molecular weight is 290 g/mol. The topological polar surface area (TPSA) is 23.6 Å². The predicted molar refractivity (Wildman–Crippen MR) is 83.3 cm³/mol. The van der Waals surface area contributed by atoms with Crippen molar-refractivity contribution in [3.63, 3.8) is 0 Å². The fourth-order valence-corrected chi connectivity index (χ4v) is 2.81. The molecule has 1 aliphatic heterocycles. The van der Waals surface area contributed by atoms with Gasteiger partial charge in [-0.15, -0.1) is 0 Å². The average Bonchev–Trinajstić information content (AvgIpc) is 2.48. The number of benzene rings is 1. The van der Waals surface area contributed by atoms with Crippen LogP contribution in [-0.2, 0) is 4.79 Å². The Kier molecular flexibility index (Phi) is 5.12. The SMILES string of the molecule is CC[C@@H](C(=O)N1CC=C(c2ccccc2F)CC1)N(C)C. The van der Waals surface area contributed by atoms with Crippen LogP contribution in [0.15, 0.2) is 30.3 Å². The van der Waals surface area contributed by atoms with Crippen molar-refractivity contribution in [2.24, 2.45) is 0 Å². The monoisotopic (exact) mass is 290 g/mol. The van der Waals surface area contributed by atoms with Gasteiger partial charge in [0.2, 0.25) is 5.91 Å². The van der Waals surface area contributed by atoms with E-state index in [1.54, 1.807) is 12.1 Å². The lowest BCUT2D eigenvalue weighted by Crippen LogP contribution is -2.47. The lowest BCUT2D eigenvalue weighted by molar-refractivity contribution is -0.135. The summed E-state index contributed by atoms with van der Waals surface area (Å²) in [6.45, 7) is 3.24. The van der Waals surface area contributed by atoms with Crippen LogP contribution in [0.25, 0.3) is 5.57 Å². The summed E-state index contributed by atoms with van der Waals surface area (Å²) >= 11 is 0. The zero-order valence-corrected chi connectivity index (χ0v) is 13.0. The molecule has 0 aromatic heterocycles. The highest BCUT2D eigenvalue weighted by Crippen LogP contribution is 2.25. The Bertz CT molecular complexity index is 539. The normalized spacial score (nSPS) is 16.8. The Morgan fingerprint density at radius 3 is 2.62 bits per heavy atom. The standard InChI is InChI=1S/C17H23FN2O/c1-4-16(19(2)3)17(21)20-11-9-13(10-12-20)14-7-5-6-8-15(14)18/h5-9,16H,4,10-12H2,1-3H3/t16-/m0/s1. The lowest BCUT2D eigenvalue weighted by Gasteiger charge is -2.32. The highest BCUT2D eigenvalue weighted by molar-refractivity contribution is 5.83. The summed E-state index contributed by atoms with van der Waals surface area (Å²) in [5.74, 6) is -0.0328. The van der Waals surface area contributed by atoms with E-state index < -0.39 is 0 Å². The van der Waals surface area contributed by atoms with Crippen molar-refractivity contribution in [1.29, 1.82) is 0 Å². The molecule has 0 radical (unpaired) electrons. The van der Waals surface area contributed by atoms with Crippen molar-refractivity contribution in [1.82, 2.24) is 9.80 Å². The van der Waals surface area contributed by atoms with Crippen LogP contribution in [-0.4, -0.2) is 48.9 Å². The van der Waals surface area contributed by atoms with E-state index in [-0.39, 0.29) is 17.8 Å². The molecule has 0 saturated carbocycles. The smallest absolute Gasteiger partial charge is 0.240 e. The van der Waals surface area contributed by atoms with E-state index in [0.717, 1.165) is 12.0 Å². The summed E-state index contributed by atoms with van der Waals surface area (Å²) in [5, 5.41) is 0. The van der Waals surface area contributed by atoms with Crippen LogP contribution in [0.2, 0.25) is 0 Å². The van der Waals surface area contributed by atoms with Crippen LogP contribution in [0.4, 0.5) is 4.39 Å². The van der Waals surface area contributed by atoms with Crippen LogP contribution in [0.1, 0.15) is 25.3 Å². The number of rotatable bonds is 4. The Hall–Kier alpha value is -1.68. The zero-order chi connectivity index (χ0) is 15.4. The van der Waals surface area contributed by atoms with Crippen molar-refractivity contribution in [2.75, 3.05) is 27.2 Å². The molecule has 0 aliphatic carbocycles. The van der Waals surface area contributed by atoms with E-state index >= 15 is 0 Å². The van der Waals surface area contributed by atoms with Crippen LogP contribution >= 0.6 is 0 Å². The van der Waals surface area contributed by atoms with Crippen LogP contribution in [0, 0.1) is 5.82 Å². The molecule has 21 heavy (non-hydrogen) atoms. The highest BCUT2D eigenvalue weighted by atomic mass is 19.1. The second kappa shape index (κ2) is 6.85. The summed E-state index contributed by atoms with van der Waals surface area (Å²) in [6.07, 6.45) is 3.48. The summed E-state index contributed by atoms with van der Waals surface area (Å²) in [6, 6.07) is 6.74. The van der Waals surface area contributed by atoms with Gasteiger partial charge in [0.25, 0.3) is 0 Å². The van der Waals surface area contributed by atoms with Crippen molar-refractivity contribution in [2.45, 2.75) is 25.8 Å². The first-order valence-electron chi connectivity index (χ1n) is 7.43. The fraction of sp³-hybridized carbons (Fsp3) is 0.471. The van der Waals surface area contributed by atoms with Gasteiger partial charge in [-0.1, -0.05) is 31.2 Å². The second-order valence-corrected chi connectivity index (χ2v) is 5.63. The third kappa shape index (κ3) is 3.50. The van der Waals surface area contributed by atoms with Gasteiger partial charge in [-0.25, -0.2) is 4.39 Å². The number of carbonyl (C=O) groups is 1. The molecule has 0 unspecified atom stereocenters. The summed E-state index contributed by atoms with van der Waals surface area (Å²) < 4.78 is 13.8. The van der Waals surface area contributed by atoms with E-state index in [9.17, 15) is 9.18 Å². The minimum absolute atomic E-state index is 0.0755. The molecule has 1 aliphatic rings. The van der Waals surface area contributed by atoms with E-state index in [0.29, 0.717) is 25.1 Å². The number of likely N-dealkylation sites (N-methyl/N-ethyl adjacent to an activating group) is 1. The lowest BCUT2D eigenvalue weighted by atomic mass is 9.98. The van der Waals surface area contributed by atoms with Crippen molar-refractivity contribution in [3.05, 3.63) is 41.7 Å². The minimum atomic E-state index is -0.191. The molecule has 0 N–H and O–H groups in total. The van der Waals surface area contributed by atoms with Crippen molar-refractivity contribution < 1.29 is 9.18 Å². The Labute approximate surface area is 126 Å². The molecule has 0 saturated heterocycles. The van der Waals surface area contributed by atoms with Crippen LogP contribution < -0.4 is 0 Å². The Balaban J connectivity index is 2.08. The Morgan fingerprint density at radius 2 is 2.10 bits per heavy atom. The van der Waals surface area contributed by atoms with E-state index in [2.05, 4.69) is 0 Å². The number of hydrogen-bond acceptors (Lipinski definition) is 2. The van der Waals surface area contributed by atoms with E-state index in [1.807, 2.05) is 43.0 Å². The van der Waals surface area contributed by atoms with Gasteiger partial charge in [-0.05, 0) is 38.6 Å². The maximum atomic E-state index is 13.8. The molecule has 1 atom stereocenters. The molecule has 3 nitrogen and oxygen atoms in total. The maximum Gasteiger partial charge on any atom is 0.240 e. The van der Waals surface area contributed by atoms with Gasteiger partial charge in [0, 0.05) is 18.7 Å². The largest absolute Gasteiger partial charge is 0.337 e. The number of halogens is 1. The first kappa shape index (κ1) is 15.7. The third-order valence-corrected chi connectivity index (χ3v) is 4.04. The van der Waals surface area contributed by atoms with E-state index in [4.69, 9.17) is 0 Å². The first-order chi connectivity index (χ1) is 10.0. The Morgan fingerprint density at radius 1 is 1.38 bits per heavy atom. The highest BCUT2D eigenvalue weighted by Gasteiger charge is 2.26. The van der Waals surface area contributed by atoms with Gasteiger partial charge in [-0.2, -0.15) is 0 Å². The quantitative estimate of drug-likeness (QED) is 0.851. The number of nitrogens with zero attached hydrogens (tertiary/aromatic N) is 2. The molecule has 114 valence electrons. The van der Waals surface area contributed by atoms with Crippen LogP contribution in [0.5, 0.6) is 0 Å². The molecule has 1 aromatic carbocycles. The summed E-state index contributed by atoms with van der Waals surface area (Å²) in [4.78, 5) is 16.3. The molecule has 4 heteroatoms. The number of carbonyl (C=O) groups excluding carboxylic acids is 1. The molecule has 1 heterocycles. The van der Waals surface area contributed by atoms with Crippen molar-refractivity contribution in [3.8, 4) is 0 Å². The van der Waals surface area contributed by atoms with Gasteiger partial charge in [-0.3, -0.25) is 9.69 Å². The van der Waals surface area contributed by atoms with Gasteiger partial charge in [0.15, 0.2) is 0 Å². The van der Waals surface area contributed by atoms with Gasteiger partial charge >= 0.3 is 0 Å². The molecular formula is C17H23FN2O. The van der Waals surface area contributed by atoms with Crippen LogP contribution in [0.3, 0.4) is 0 Å². The third-order valence-electron chi connectivity index (χ3n) is 4.04. The second-order valence-electron chi connectivity index (χ2n) is 5.63. The molecule has 2 rings (SSSR count). The number of hydrogen-bond donors (Lipinski definition) is 0. The number of amides is 1. The summed E-state index contributed by atoms with van der Waals surface area (Å²) in [5.41, 5.74) is 1.65. The molecule has 0 spiro atoms. The van der Waals surface area contributed by atoms with E-state index in [1.165, 1.54) is 6.07 Å².